The zero-order valence-electron chi connectivity index (χ0n) is 15.8. The van der Waals surface area contributed by atoms with Crippen molar-refractivity contribution in [1.82, 2.24) is 21.1 Å². The predicted molar refractivity (Wildman–Crippen MR) is 104 cm³/mol. The number of halogens is 2. The average molecular weight is 424 g/mol. The number of benzene rings is 1. The van der Waals surface area contributed by atoms with E-state index >= 15 is 0 Å². The van der Waals surface area contributed by atoms with Gasteiger partial charge in [-0.3, -0.25) is 10.2 Å². The van der Waals surface area contributed by atoms with Crippen LogP contribution in [-0.4, -0.2) is 34.7 Å². The number of nitrogens with zero attached hydrogens (tertiary/aromatic N) is 1. The molecule has 3 amide bonds. The van der Waals surface area contributed by atoms with Crippen LogP contribution in [0.25, 0.3) is 0 Å². The van der Waals surface area contributed by atoms with Crippen LogP contribution in [0.5, 0.6) is 5.75 Å². The predicted octanol–water partition coefficient (Wildman–Crippen LogP) is 2.62. The van der Waals surface area contributed by atoms with Crippen LogP contribution in [0.3, 0.4) is 0 Å². The molecular formula is C19H22F2N4O3S. The van der Waals surface area contributed by atoms with Gasteiger partial charge in [0.05, 0.1) is 0 Å². The third-order valence-corrected chi connectivity index (χ3v) is 6.32. The van der Waals surface area contributed by atoms with Crippen LogP contribution in [0, 0.1) is 11.8 Å². The molecule has 1 aliphatic heterocycles. The van der Waals surface area contributed by atoms with E-state index < -0.39 is 24.1 Å². The number of carbonyl (C=O) groups excluding carboxylic acids is 2. The molecule has 2 saturated carbocycles. The Hall–Kier alpha value is -2.49. The molecule has 0 spiro atoms. The number of amides is 3. The number of hydrogen-bond donors (Lipinski definition) is 3. The van der Waals surface area contributed by atoms with Gasteiger partial charge in [-0.15, -0.1) is 0 Å². The van der Waals surface area contributed by atoms with Gasteiger partial charge in [-0.2, -0.15) is 13.8 Å². The number of imide groups is 1. The van der Waals surface area contributed by atoms with Crippen LogP contribution in [0.1, 0.15) is 38.2 Å². The Morgan fingerprint density at radius 3 is 2.59 bits per heavy atom. The van der Waals surface area contributed by atoms with Crippen LogP contribution in [-0.2, 0) is 10.3 Å². The molecule has 1 heterocycles. The zero-order valence-corrected chi connectivity index (χ0v) is 16.6. The second-order valence-electron chi connectivity index (χ2n) is 7.97. The highest BCUT2D eigenvalue weighted by atomic mass is 32.1. The van der Waals surface area contributed by atoms with Crippen LogP contribution in [0.15, 0.2) is 24.3 Å². The highest BCUT2D eigenvalue weighted by molar-refractivity contribution is 7.80. The van der Waals surface area contributed by atoms with Gasteiger partial charge in [0.2, 0.25) is 0 Å². The average Bonchev–Trinajstić information content (AvgIpc) is 3.33. The summed E-state index contributed by atoms with van der Waals surface area (Å²) in [6, 6.07) is 5.20. The Balaban J connectivity index is 1.41. The number of rotatable bonds is 5. The van der Waals surface area contributed by atoms with Crippen molar-refractivity contribution in [1.29, 1.82) is 0 Å². The van der Waals surface area contributed by atoms with E-state index in [2.05, 4.69) is 20.8 Å². The minimum Gasteiger partial charge on any atom is -0.435 e. The molecule has 3 N–H and O–H groups in total. The van der Waals surface area contributed by atoms with Crippen molar-refractivity contribution >= 4 is 29.3 Å². The Morgan fingerprint density at radius 1 is 1.28 bits per heavy atom. The fourth-order valence-corrected chi connectivity index (χ4v) is 4.87. The van der Waals surface area contributed by atoms with Gasteiger partial charge < -0.3 is 15.4 Å². The summed E-state index contributed by atoms with van der Waals surface area (Å²) < 4.78 is 28.9. The molecule has 7 nitrogen and oxygen atoms in total. The van der Waals surface area contributed by atoms with Crippen molar-refractivity contribution in [3.05, 3.63) is 29.8 Å². The minimum absolute atomic E-state index is 0.0321. The van der Waals surface area contributed by atoms with Crippen LogP contribution in [0.4, 0.5) is 13.6 Å². The molecule has 3 aliphatic rings. The van der Waals surface area contributed by atoms with E-state index in [0.29, 0.717) is 11.5 Å². The first kappa shape index (κ1) is 19.8. The van der Waals surface area contributed by atoms with Gasteiger partial charge in [0, 0.05) is 6.04 Å². The summed E-state index contributed by atoms with van der Waals surface area (Å²) in [6.07, 6.45) is 4.69. The molecule has 29 heavy (non-hydrogen) atoms. The summed E-state index contributed by atoms with van der Waals surface area (Å²) in [5, 5.41) is 6.95. The number of urea groups is 1. The van der Waals surface area contributed by atoms with E-state index in [1.54, 1.807) is 6.92 Å². The molecule has 156 valence electrons. The minimum atomic E-state index is -2.94. The quantitative estimate of drug-likeness (QED) is 0.498. The number of hydrogen-bond acceptors (Lipinski definition) is 4. The van der Waals surface area contributed by atoms with E-state index in [4.69, 9.17) is 12.2 Å². The van der Waals surface area contributed by atoms with Crippen molar-refractivity contribution in [2.24, 2.45) is 11.8 Å². The first-order valence-corrected chi connectivity index (χ1v) is 9.96. The summed E-state index contributed by atoms with van der Waals surface area (Å²) in [7, 11) is 0. The van der Waals surface area contributed by atoms with Gasteiger partial charge in [-0.1, -0.05) is 18.6 Å². The van der Waals surface area contributed by atoms with Gasteiger partial charge in [-0.25, -0.2) is 4.79 Å². The molecule has 4 rings (SSSR count). The van der Waals surface area contributed by atoms with Crippen LogP contribution in [0.2, 0.25) is 0 Å². The third-order valence-electron chi connectivity index (χ3n) is 6.12. The molecule has 2 aliphatic carbocycles. The molecule has 1 aromatic rings. The first-order valence-electron chi connectivity index (χ1n) is 9.55. The monoisotopic (exact) mass is 424 g/mol. The normalized spacial score (nSPS) is 30.6. The maximum absolute atomic E-state index is 12.9. The van der Waals surface area contributed by atoms with Gasteiger partial charge in [0.25, 0.3) is 5.91 Å². The summed E-state index contributed by atoms with van der Waals surface area (Å²) in [4.78, 5) is 25.3. The third kappa shape index (κ3) is 3.73. The number of thiocarbonyl (C=S) groups is 1. The highest BCUT2D eigenvalue weighted by Gasteiger charge is 2.50. The van der Waals surface area contributed by atoms with Gasteiger partial charge in [0.1, 0.15) is 11.3 Å². The molecule has 1 aromatic carbocycles. The highest BCUT2D eigenvalue weighted by Crippen LogP contribution is 2.44. The fraction of sp³-hybridized carbons (Fsp3) is 0.526. The Labute approximate surface area is 172 Å². The lowest BCUT2D eigenvalue weighted by molar-refractivity contribution is -0.132. The Morgan fingerprint density at radius 2 is 2.00 bits per heavy atom. The molecule has 2 bridgehead atoms. The number of hydrazine groups is 1. The van der Waals surface area contributed by atoms with Gasteiger partial charge >= 0.3 is 12.6 Å². The van der Waals surface area contributed by atoms with Gasteiger partial charge in [-0.05, 0) is 67.9 Å². The maximum Gasteiger partial charge on any atom is 0.387 e. The number of fused-ring (bicyclic) bond motifs is 2. The lowest BCUT2D eigenvalue weighted by Crippen LogP contribution is -2.53. The summed E-state index contributed by atoms with van der Waals surface area (Å²) in [6.45, 7) is -1.39. The molecule has 1 saturated heterocycles. The van der Waals surface area contributed by atoms with Crippen molar-refractivity contribution < 1.29 is 23.1 Å². The van der Waals surface area contributed by atoms with Crippen molar-refractivity contribution in [2.45, 2.75) is 50.8 Å². The Bertz CT molecular complexity index is 837. The van der Waals surface area contributed by atoms with E-state index in [1.807, 2.05) is 0 Å². The van der Waals surface area contributed by atoms with Crippen LogP contribution >= 0.6 is 12.2 Å². The SMILES string of the molecule is CC1(c2ccc(OC(F)F)cc2)NC(=O)N(NC(=S)NC2CC3CCC2C3)C1=O. The molecule has 10 heteroatoms. The Kier molecular flexibility index (Phi) is 5.05. The molecule has 0 radical (unpaired) electrons. The fourth-order valence-electron chi connectivity index (χ4n) is 4.63. The first-order chi connectivity index (χ1) is 13.8. The van der Waals surface area contributed by atoms with Crippen molar-refractivity contribution in [2.75, 3.05) is 0 Å². The summed E-state index contributed by atoms with van der Waals surface area (Å²) in [5.41, 5.74) is 1.78. The topological polar surface area (TPSA) is 82.7 Å². The second-order valence-corrected chi connectivity index (χ2v) is 8.37. The largest absolute Gasteiger partial charge is 0.435 e. The number of alkyl halides is 2. The summed E-state index contributed by atoms with van der Waals surface area (Å²) >= 11 is 5.31. The maximum atomic E-state index is 12.9. The lowest BCUT2D eigenvalue weighted by atomic mass is 9.92. The number of carbonyl (C=O) groups is 2. The van der Waals surface area contributed by atoms with Crippen LogP contribution < -0.4 is 20.8 Å². The van der Waals surface area contributed by atoms with Gasteiger partial charge in [0.15, 0.2) is 5.11 Å². The molecule has 3 fully saturated rings. The van der Waals surface area contributed by atoms with E-state index in [1.165, 1.54) is 43.5 Å². The lowest BCUT2D eigenvalue weighted by Gasteiger charge is -2.26. The molecule has 0 aromatic heterocycles. The second kappa shape index (κ2) is 7.40. The van der Waals surface area contributed by atoms with Crippen molar-refractivity contribution in [3.8, 4) is 5.75 Å². The molecule has 4 atom stereocenters. The van der Waals surface area contributed by atoms with E-state index in [-0.39, 0.29) is 16.9 Å². The zero-order chi connectivity index (χ0) is 20.8. The smallest absolute Gasteiger partial charge is 0.387 e. The number of nitrogens with one attached hydrogen (secondary N) is 3. The molecular weight excluding hydrogens is 402 g/mol. The van der Waals surface area contributed by atoms with Crippen molar-refractivity contribution in [3.63, 3.8) is 0 Å². The molecule has 4 unspecified atom stereocenters. The standard InChI is InChI=1S/C19H22F2N4O3S/c1-19(12-4-6-13(7-5-12)28-16(20)21)15(26)25(18(27)23-19)24-17(29)22-14-9-10-2-3-11(14)8-10/h4-7,10-11,14,16H,2-3,8-9H2,1H3,(H,23,27)(H2,22,24,29). The number of ether oxygens (including phenoxy) is 1. The van der Waals surface area contributed by atoms with E-state index in [0.717, 1.165) is 17.3 Å². The van der Waals surface area contributed by atoms with E-state index in [9.17, 15) is 18.4 Å². The summed E-state index contributed by atoms with van der Waals surface area (Å²) in [5.74, 6) is 0.747.